The molecule has 1 saturated heterocycles. The Balaban J connectivity index is 1.92. The molecule has 0 radical (unpaired) electrons. The smallest absolute Gasteiger partial charge is 0.223 e. The molecule has 0 spiro atoms. The number of carbonyl (C=O) groups is 1. The molecule has 2 atom stereocenters. The van der Waals surface area contributed by atoms with Crippen LogP contribution in [0.15, 0.2) is 28.7 Å². The Bertz CT molecular complexity index is 432. The number of carbonyl (C=O) groups excluding carboxylic acids is 1. The summed E-state index contributed by atoms with van der Waals surface area (Å²) in [6.45, 7) is 6.80. The number of halogens is 1. The van der Waals surface area contributed by atoms with Gasteiger partial charge in [-0.05, 0) is 30.5 Å². The van der Waals surface area contributed by atoms with E-state index in [1.165, 1.54) is 5.56 Å². The first-order chi connectivity index (χ1) is 9.06. The average molecular weight is 325 g/mol. The molecule has 1 N–H and O–H groups in total. The van der Waals surface area contributed by atoms with Crippen molar-refractivity contribution in [3.8, 4) is 0 Å². The minimum Gasteiger partial charge on any atom is -0.340 e. The highest BCUT2D eigenvalue weighted by molar-refractivity contribution is 9.10. The van der Waals surface area contributed by atoms with E-state index in [0.29, 0.717) is 12.5 Å². The third-order valence-electron chi connectivity index (χ3n) is 3.64. The van der Waals surface area contributed by atoms with Crippen molar-refractivity contribution in [1.29, 1.82) is 0 Å². The van der Waals surface area contributed by atoms with Crippen LogP contribution in [0.2, 0.25) is 0 Å². The van der Waals surface area contributed by atoms with Crippen LogP contribution >= 0.6 is 15.9 Å². The summed E-state index contributed by atoms with van der Waals surface area (Å²) in [4.78, 5) is 14.3. The molecule has 1 amide bonds. The van der Waals surface area contributed by atoms with E-state index in [9.17, 15) is 4.79 Å². The van der Waals surface area contributed by atoms with Crippen molar-refractivity contribution in [2.45, 2.75) is 32.2 Å². The maximum Gasteiger partial charge on any atom is 0.223 e. The molecule has 1 aromatic rings. The summed E-state index contributed by atoms with van der Waals surface area (Å²) >= 11 is 3.43. The van der Waals surface area contributed by atoms with Gasteiger partial charge in [0.2, 0.25) is 5.91 Å². The summed E-state index contributed by atoms with van der Waals surface area (Å²) in [5.74, 6) is 0.537. The number of nitrogens with zero attached hydrogens (tertiary/aromatic N) is 1. The van der Waals surface area contributed by atoms with Gasteiger partial charge in [-0.1, -0.05) is 35.0 Å². The summed E-state index contributed by atoms with van der Waals surface area (Å²) in [6, 6.07) is 8.64. The van der Waals surface area contributed by atoms with E-state index in [0.717, 1.165) is 24.1 Å². The minimum atomic E-state index is 0.267. The number of piperazine rings is 1. The molecule has 0 aromatic heterocycles. The van der Waals surface area contributed by atoms with Crippen LogP contribution in [0.1, 0.15) is 31.7 Å². The van der Waals surface area contributed by atoms with E-state index >= 15 is 0 Å². The van der Waals surface area contributed by atoms with Crippen molar-refractivity contribution in [3.05, 3.63) is 34.3 Å². The Labute approximate surface area is 123 Å². The van der Waals surface area contributed by atoms with Crippen LogP contribution in [0.5, 0.6) is 0 Å². The predicted octanol–water partition coefficient (Wildman–Crippen LogP) is 2.76. The van der Waals surface area contributed by atoms with Gasteiger partial charge in [-0.15, -0.1) is 0 Å². The fraction of sp³-hybridized carbons (Fsp3) is 0.533. The number of rotatable bonds is 3. The summed E-state index contributed by atoms with van der Waals surface area (Å²) in [5.41, 5.74) is 1.22. The zero-order chi connectivity index (χ0) is 13.8. The molecule has 0 aliphatic carbocycles. The van der Waals surface area contributed by atoms with E-state index in [4.69, 9.17) is 0 Å². The number of nitrogens with one attached hydrogen (secondary N) is 1. The van der Waals surface area contributed by atoms with Crippen LogP contribution in [0.3, 0.4) is 0 Å². The highest BCUT2D eigenvalue weighted by atomic mass is 79.9. The molecular weight excluding hydrogens is 304 g/mol. The van der Waals surface area contributed by atoms with E-state index in [1.54, 1.807) is 0 Å². The van der Waals surface area contributed by atoms with Gasteiger partial charge in [0.05, 0.1) is 0 Å². The number of benzene rings is 1. The first kappa shape index (κ1) is 14.5. The second-order valence-electron chi connectivity index (χ2n) is 5.35. The molecule has 0 saturated carbocycles. The molecule has 1 aliphatic heterocycles. The number of hydrogen-bond acceptors (Lipinski definition) is 2. The third-order valence-corrected chi connectivity index (χ3v) is 4.17. The fourth-order valence-corrected chi connectivity index (χ4v) is 2.72. The predicted molar refractivity (Wildman–Crippen MR) is 81.2 cm³/mol. The van der Waals surface area contributed by atoms with Crippen molar-refractivity contribution >= 4 is 21.8 Å². The van der Waals surface area contributed by atoms with Crippen molar-refractivity contribution in [2.75, 3.05) is 19.6 Å². The molecule has 1 aromatic carbocycles. The molecule has 2 rings (SSSR count). The molecule has 0 bridgehead atoms. The monoisotopic (exact) mass is 324 g/mol. The molecule has 104 valence electrons. The topological polar surface area (TPSA) is 32.3 Å². The van der Waals surface area contributed by atoms with Gasteiger partial charge < -0.3 is 10.2 Å². The normalized spacial score (nSPS) is 21.2. The van der Waals surface area contributed by atoms with Gasteiger partial charge in [0.15, 0.2) is 0 Å². The Hall–Kier alpha value is -0.870. The third kappa shape index (κ3) is 4.05. The van der Waals surface area contributed by atoms with Crippen LogP contribution in [-0.4, -0.2) is 36.5 Å². The van der Waals surface area contributed by atoms with Gasteiger partial charge >= 0.3 is 0 Å². The molecule has 1 heterocycles. The first-order valence-corrected chi connectivity index (χ1v) is 7.62. The second-order valence-corrected chi connectivity index (χ2v) is 6.27. The van der Waals surface area contributed by atoms with E-state index < -0.39 is 0 Å². The maximum absolute atomic E-state index is 12.3. The van der Waals surface area contributed by atoms with Crippen LogP contribution in [0.25, 0.3) is 0 Å². The summed E-state index contributed by atoms with van der Waals surface area (Å²) in [6.07, 6.45) is 0.592. The van der Waals surface area contributed by atoms with Crippen molar-refractivity contribution in [3.63, 3.8) is 0 Å². The van der Waals surface area contributed by atoms with Crippen molar-refractivity contribution < 1.29 is 4.79 Å². The second kappa shape index (κ2) is 6.53. The van der Waals surface area contributed by atoms with Crippen LogP contribution in [0, 0.1) is 0 Å². The molecule has 4 heteroatoms. The summed E-state index contributed by atoms with van der Waals surface area (Å²) < 4.78 is 1.07. The molecule has 19 heavy (non-hydrogen) atoms. The first-order valence-electron chi connectivity index (χ1n) is 6.83. The number of amides is 1. The van der Waals surface area contributed by atoms with Crippen LogP contribution in [0.4, 0.5) is 0 Å². The van der Waals surface area contributed by atoms with Crippen molar-refractivity contribution in [1.82, 2.24) is 10.2 Å². The Morgan fingerprint density at radius 2 is 2.16 bits per heavy atom. The van der Waals surface area contributed by atoms with E-state index in [1.807, 2.05) is 17.0 Å². The van der Waals surface area contributed by atoms with Gasteiger partial charge in [0.1, 0.15) is 0 Å². The standard InChI is InChI=1S/C15H21BrN2O/c1-11(13-3-5-14(16)6-4-13)9-15(19)18-8-7-17-12(2)10-18/h3-6,11-12,17H,7-10H2,1-2H3. The largest absolute Gasteiger partial charge is 0.340 e. The SMILES string of the molecule is CC1CN(C(=O)CC(C)c2ccc(Br)cc2)CCN1. The fourth-order valence-electron chi connectivity index (χ4n) is 2.46. The van der Waals surface area contributed by atoms with Gasteiger partial charge in [0.25, 0.3) is 0 Å². The van der Waals surface area contributed by atoms with Crippen molar-refractivity contribution in [2.24, 2.45) is 0 Å². The summed E-state index contributed by atoms with van der Waals surface area (Å²) in [7, 11) is 0. The Morgan fingerprint density at radius 3 is 2.79 bits per heavy atom. The van der Waals surface area contributed by atoms with Crippen LogP contribution in [-0.2, 0) is 4.79 Å². The van der Waals surface area contributed by atoms with Gasteiger partial charge in [0, 0.05) is 36.6 Å². The van der Waals surface area contributed by atoms with E-state index in [-0.39, 0.29) is 11.8 Å². The lowest BCUT2D eigenvalue weighted by Crippen LogP contribution is -2.51. The maximum atomic E-state index is 12.3. The molecule has 3 nitrogen and oxygen atoms in total. The molecule has 1 aliphatic rings. The highest BCUT2D eigenvalue weighted by Gasteiger charge is 2.22. The summed E-state index contributed by atoms with van der Waals surface area (Å²) in [5, 5.41) is 3.36. The zero-order valence-electron chi connectivity index (χ0n) is 11.5. The van der Waals surface area contributed by atoms with Gasteiger partial charge in [-0.2, -0.15) is 0 Å². The lowest BCUT2D eigenvalue weighted by molar-refractivity contribution is -0.132. The highest BCUT2D eigenvalue weighted by Crippen LogP contribution is 2.22. The molecule has 1 fully saturated rings. The quantitative estimate of drug-likeness (QED) is 0.927. The zero-order valence-corrected chi connectivity index (χ0v) is 13.1. The lowest BCUT2D eigenvalue weighted by Gasteiger charge is -2.32. The molecule has 2 unspecified atom stereocenters. The van der Waals surface area contributed by atoms with E-state index in [2.05, 4.69) is 47.2 Å². The Morgan fingerprint density at radius 1 is 1.47 bits per heavy atom. The minimum absolute atomic E-state index is 0.267. The van der Waals surface area contributed by atoms with Crippen LogP contribution < -0.4 is 5.32 Å². The van der Waals surface area contributed by atoms with Gasteiger partial charge in [-0.3, -0.25) is 4.79 Å². The number of hydrogen-bond donors (Lipinski definition) is 1. The van der Waals surface area contributed by atoms with Gasteiger partial charge in [-0.25, -0.2) is 0 Å². The average Bonchev–Trinajstić information content (AvgIpc) is 2.39. The lowest BCUT2D eigenvalue weighted by atomic mass is 9.97. The molecular formula is C15H21BrN2O. The Kier molecular flexibility index (Phi) is 4.99.